The van der Waals surface area contributed by atoms with Crippen LogP contribution in [0.2, 0.25) is 0 Å². The molecular weight excluding hydrogens is 264 g/mol. The first-order valence-corrected chi connectivity index (χ1v) is 7.19. The number of benzene rings is 1. The largest absolute Gasteiger partial charge is 0.369 e. The van der Waals surface area contributed by atoms with Crippen LogP contribution in [-0.4, -0.2) is 22.4 Å². The molecular formula is C16H20N4O. The molecule has 1 aromatic carbocycles. The SMILES string of the molecule is CCCc1ccc(NC(=O)c2cncc(NCC)n2)cc1. The van der Waals surface area contributed by atoms with Gasteiger partial charge in [0.1, 0.15) is 11.5 Å². The van der Waals surface area contributed by atoms with Crippen molar-refractivity contribution in [3.63, 3.8) is 0 Å². The third-order valence-corrected chi connectivity index (χ3v) is 2.98. The monoisotopic (exact) mass is 284 g/mol. The molecule has 1 heterocycles. The number of hydrogen-bond donors (Lipinski definition) is 2. The predicted molar refractivity (Wildman–Crippen MR) is 84.6 cm³/mol. The Bertz CT molecular complexity index is 595. The van der Waals surface area contributed by atoms with E-state index in [4.69, 9.17) is 0 Å². The van der Waals surface area contributed by atoms with Crippen LogP contribution in [0.15, 0.2) is 36.7 Å². The molecule has 0 spiro atoms. The van der Waals surface area contributed by atoms with Crippen LogP contribution in [0.3, 0.4) is 0 Å². The number of carbonyl (C=O) groups excluding carboxylic acids is 1. The number of hydrogen-bond acceptors (Lipinski definition) is 4. The van der Waals surface area contributed by atoms with Crippen molar-refractivity contribution in [1.29, 1.82) is 0 Å². The summed E-state index contributed by atoms with van der Waals surface area (Å²) < 4.78 is 0. The van der Waals surface area contributed by atoms with Gasteiger partial charge in [0.2, 0.25) is 0 Å². The minimum Gasteiger partial charge on any atom is -0.369 e. The normalized spacial score (nSPS) is 10.2. The van der Waals surface area contributed by atoms with Crippen molar-refractivity contribution in [2.45, 2.75) is 26.7 Å². The molecule has 0 fully saturated rings. The summed E-state index contributed by atoms with van der Waals surface area (Å²) >= 11 is 0. The summed E-state index contributed by atoms with van der Waals surface area (Å²) in [6, 6.07) is 7.87. The summed E-state index contributed by atoms with van der Waals surface area (Å²) in [6.45, 7) is 4.84. The smallest absolute Gasteiger partial charge is 0.275 e. The number of nitrogens with one attached hydrogen (secondary N) is 2. The van der Waals surface area contributed by atoms with Crippen molar-refractivity contribution in [2.24, 2.45) is 0 Å². The molecule has 1 aromatic heterocycles. The molecule has 0 atom stereocenters. The van der Waals surface area contributed by atoms with Crippen LogP contribution in [0.1, 0.15) is 36.3 Å². The van der Waals surface area contributed by atoms with E-state index in [0.29, 0.717) is 11.5 Å². The molecule has 0 saturated carbocycles. The van der Waals surface area contributed by atoms with Crippen LogP contribution < -0.4 is 10.6 Å². The standard InChI is InChI=1S/C16H20N4O/c1-3-5-12-6-8-13(9-7-12)19-16(21)14-10-17-11-15(20-14)18-4-2/h6-11H,3-5H2,1-2H3,(H,18,20)(H,19,21). The Labute approximate surface area is 124 Å². The first-order valence-electron chi connectivity index (χ1n) is 7.19. The Morgan fingerprint density at radius 3 is 2.57 bits per heavy atom. The maximum absolute atomic E-state index is 12.1. The van der Waals surface area contributed by atoms with Crippen LogP contribution in [0.4, 0.5) is 11.5 Å². The molecule has 21 heavy (non-hydrogen) atoms. The van der Waals surface area contributed by atoms with Crippen molar-refractivity contribution in [1.82, 2.24) is 9.97 Å². The van der Waals surface area contributed by atoms with Gasteiger partial charge in [0, 0.05) is 12.2 Å². The molecule has 2 N–H and O–H groups in total. The minimum absolute atomic E-state index is 0.259. The number of amides is 1. The van der Waals surface area contributed by atoms with Gasteiger partial charge < -0.3 is 10.6 Å². The summed E-state index contributed by atoms with van der Waals surface area (Å²) in [5.41, 5.74) is 2.33. The third kappa shape index (κ3) is 4.27. The number of nitrogens with zero attached hydrogens (tertiary/aromatic N) is 2. The zero-order valence-electron chi connectivity index (χ0n) is 12.4. The number of aromatic nitrogens is 2. The Balaban J connectivity index is 2.05. The van der Waals surface area contributed by atoms with Crippen LogP contribution in [0.5, 0.6) is 0 Å². The van der Waals surface area contributed by atoms with Gasteiger partial charge in [-0.05, 0) is 31.0 Å². The highest BCUT2D eigenvalue weighted by atomic mass is 16.1. The highest BCUT2D eigenvalue weighted by Gasteiger charge is 2.09. The van der Waals surface area contributed by atoms with Gasteiger partial charge in [0.25, 0.3) is 5.91 Å². The van der Waals surface area contributed by atoms with Crippen LogP contribution in [0.25, 0.3) is 0 Å². The molecule has 0 bridgehead atoms. The van der Waals surface area contributed by atoms with Gasteiger partial charge in [0.15, 0.2) is 0 Å². The topological polar surface area (TPSA) is 66.9 Å². The Hall–Kier alpha value is -2.43. The predicted octanol–water partition coefficient (Wildman–Crippen LogP) is 3.11. The van der Waals surface area contributed by atoms with Gasteiger partial charge in [-0.25, -0.2) is 4.98 Å². The molecule has 2 aromatic rings. The van der Waals surface area contributed by atoms with E-state index in [0.717, 1.165) is 25.1 Å². The molecule has 0 aliphatic carbocycles. The Morgan fingerprint density at radius 1 is 1.14 bits per heavy atom. The van der Waals surface area contributed by atoms with E-state index in [1.54, 1.807) is 6.20 Å². The third-order valence-electron chi connectivity index (χ3n) is 2.98. The molecule has 0 saturated heterocycles. The van der Waals surface area contributed by atoms with E-state index in [2.05, 4.69) is 27.5 Å². The Kier molecular flexibility index (Phi) is 5.26. The minimum atomic E-state index is -0.259. The highest BCUT2D eigenvalue weighted by Crippen LogP contribution is 2.12. The lowest BCUT2D eigenvalue weighted by Gasteiger charge is -2.07. The second kappa shape index (κ2) is 7.38. The van der Waals surface area contributed by atoms with Gasteiger partial charge in [-0.2, -0.15) is 0 Å². The number of anilines is 2. The van der Waals surface area contributed by atoms with Gasteiger partial charge in [-0.1, -0.05) is 25.5 Å². The zero-order chi connectivity index (χ0) is 15.1. The second-order valence-electron chi connectivity index (χ2n) is 4.72. The summed E-state index contributed by atoms with van der Waals surface area (Å²) in [5.74, 6) is 0.342. The first-order chi connectivity index (χ1) is 10.2. The number of aryl methyl sites for hydroxylation is 1. The molecule has 5 nitrogen and oxygen atoms in total. The molecule has 2 rings (SSSR count). The van der Waals surface area contributed by atoms with Gasteiger partial charge in [-0.15, -0.1) is 0 Å². The number of carbonyl (C=O) groups is 1. The molecule has 0 aliphatic rings. The fourth-order valence-electron chi connectivity index (χ4n) is 1.98. The van der Waals surface area contributed by atoms with Crippen molar-refractivity contribution in [2.75, 3.05) is 17.2 Å². The quantitative estimate of drug-likeness (QED) is 0.855. The lowest BCUT2D eigenvalue weighted by atomic mass is 10.1. The second-order valence-corrected chi connectivity index (χ2v) is 4.72. The van der Waals surface area contributed by atoms with Crippen LogP contribution >= 0.6 is 0 Å². The van der Waals surface area contributed by atoms with Gasteiger partial charge in [0.05, 0.1) is 12.4 Å². The lowest BCUT2D eigenvalue weighted by Crippen LogP contribution is -2.15. The molecule has 0 aliphatic heterocycles. The van der Waals surface area contributed by atoms with Crippen molar-refractivity contribution in [3.05, 3.63) is 47.9 Å². The maximum atomic E-state index is 12.1. The van der Waals surface area contributed by atoms with Crippen molar-refractivity contribution in [3.8, 4) is 0 Å². The fourth-order valence-corrected chi connectivity index (χ4v) is 1.98. The highest BCUT2D eigenvalue weighted by molar-refractivity contribution is 6.02. The molecule has 110 valence electrons. The van der Waals surface area contributed by atoms with E-state index in [1.165, 1.54) is 11.8 Å². The Morgan fingerprint density at radius 2 is 1.90 bits per heavy atom. The molecule has 5 heteroatoms. The van der Waals surface area contributed by atoms with E-state index >= 15 is 0 Å². The zero-order valence-corrected chi connectivity index (χ0v) is 12.4. The first kappa shape index (κ1) is 15.0. The van der Waals surface area contributed by atoms with Crippen molar-refractivity contribution >= 4 is 17.4 Å². The fraction of sp³-hybridized carbons (Fsp3) is 0.312. The average molecular weight is 284 g/mol. The van der Waals surface area contributed by atoms with Gasteiger partial charge in [-0.3, -0.25) is 9.78 Å². The number of rotatable bonds is 6. The molecule has 0 radical (unpaired) electrons. The summed E-state index contributed by atoms with van der Waals surface area (Å²) in [4.78, 5) is 20.4. The summed E-state index contributed by atoms with van der Waals surface area (Å²) in [5, 5.41) is 5.86. The summed E-state index contributed by atoms with van der Waals surface area (Å²) in [6.07, 6.45) is 5.21. The van der Waals surface area contributed by atoms with E-state index in [-0.39, 0.29) is 5.91 Å². The van der Waals surface area contributed by atoms with Crippen LogP contribution in [-0.2, 0) is 6.42 Å². The molecule has 0 unspecified atom stereocenters. The average Bonchev–Trinajstić information content (AvgIpc) is 2.50. The van der Waals surface area contributed by atoms with E-state index < -0.39 is 0 Å². The van der Waals surface area contributed by atoms with Crippen molar-refractivity contribution < 1.29 is 4.79 Å². The lowest BCUT2D eigenvalue weighted by molar-refractivity contribution is 0.102. The molecule has 1 amide bonds. The van der Waals surface area contributed by atoms with Gasteiger partial charge >= 0.3 is 0 Å². The van der Waals surface area contributed by atoms with Crippen LogP contribution in [0, 0.1) is 0 Å². The maximum Gasteiger partial charge on any atom is 0.275 e. The van der Waals surface area contributed by atoms with E-state index in [1.807, 2.05) is 31.2 Å². The van der Waals surface area contributed by atoms with E-state index in [9.17, 15) is 4.79 Å². The summed E-state index contributed by atoms with van der Waals surface area (Å²) in [7, 11) is 0.